The largest absolute Gasteiger partial charge is 0.489 e. The van der Waals surface area contributed by atoms with Crippen molar-refractivity contribution in [3.8, 4) is 5.75 Å². The number of morpholine rings is 1. The van der Waals surface area contributed by atoms with Crippen molar-refractivity contribution in [1.82, 2.24) is 4.31 Å². The van der Waals surface area contributed by atoms with Gasteiger partial charge in [0.2, 0.25) is 10.0 Å². The Bertz CT molecular complexity index is 1030. The lowest BCUT2D eigenvalue weighted by Gasteiger charge is -2.26. The molecule has 0 saturated carbocycles. The van der Waals surface area contributed by atoms with E-state index < -0.39 is 10.0 Å². The number of benzene rings is 2. The van der Waals surface area contributed by atoms with Gasteiger partial charge in [0.15, 0.2) is 0 Å². The monoisotopic (exact) mass is 447 g/mol. The van der Waals surface area contributed by atoms with Gasteiger partial charge in [-0.1, -0.05) is 6.07 Å². The predicted molar refractivity (Wildman–Crippen MR) is 121 cm³/mol. The number of hydrogen-bond donors (Lipinski definition) is 1. The average molecular weight is 448 g/mol. The van der Waals surface area contributed by atoms with Gasteiger partial charge < -0.3 is 19.7 Å². The topological polar surface area (TPSA) is 88.2 Å². The highest BCUT2D eigenvalue weighted by Crippen LogP contribution is 2.31. The molecule has 0 spiro atoms. The minimum absolute atomic E-state index is 0.0999. The maximum absolute atomic E-state index is 13.1. The van der Waals surface area contributed by atoms with Crippen LogP contribution in [-0.2, 0) is 14.8 Å². The Kier molecular flexibility index (Phi) is 7.19. The zero-order valence-corrected chi connectivity index (χ0v) is 19.1. The van der Waals surface area contributed by atoms with Crippen molar-refractivity contribution in [3.05, 3.63) is 48.0 Å². The van der Waals surface area contributed by atoms with Crippen LogP contribution in [-0.4, -0.2) is 65.1 Å². The predicted octanol–water partition coefficient (Wildman–Crippen LogP) is 2.81. The van der Waals surface area contributed by atoms with E-state index in [0.717, 1.165) is 5.69 Å². The summed E-state index contributed by atoms with van der Waals surface area (Å²) in [5, 5.41) is 2.82. The normalized spacial score (nSPS) is 15.0. The van der Waals surface area contributed by atoms with Gasteiger partial charge in [0.25, 0.3) is 5.91 Å². The van der Waals surface area contributed by atoms with Crippen molar-refractivity contribution in [3.63, 3.8) is 0 Å². The van der Waals surface area contributed by atoms with E-state index in [-0.39, 0.29) is 16.9 Å². The Labute approximate surface area is 183 Å². The van der Waals surface area contributed by atoms with Crippen molar-refractivity contribution < 1.29 is 22.7 Å². The van der Waals surface area contributed by atoms with Crippen molar-refractivity contribution in [1.29, 1.82) is 0 Å². The molecule has 31 heavy (non-hydrogen) atoms. The first kappa shape index (κ1) is 23.1. The molecule has 1 aliphatic heterocycles. The minimum Gasteiger partial charge on any atom is -0.489 e. The van der Waals surface area contributed by atoms with Crippen LogP contribution in [0.25, 0.3) is 0 Å². The molecule has 9 heteroatoms. The molecule has 8 nitrogen and oxygen atoms in total. The van der Waals surface area contributed by atoms with Gasteiger partial charge in [-0.3, -0.25) is 4.79 Å². The van der Waals surface area contributed by atoms with E-state index in [1.807, 2.05) is 38.9 Å². The standard InChI is InChI=1S/C22H29N3O5S/c1-16(2)30-21-9-8-19(31(27,28)25-10-12-29-13-11-25)15-20(21)23-22(26)17-6-5-7-18(14-17)24(3)4/h5-9,14-16H,10-13H2,1-4H3,(H,23,26). The highest BCUT2D eigenvalue weighted by Gasteiger charge is 2.27. The third-order valence-corrected chi connectivity index (χ3v) is 6.69. The number of sulfonamides is 1. The first-order valence-electron chi connectivity index (χ1n) is 10.2. The van der Waals surface area contributed by atoms with Gasteiger partial charge in [0.05, 0.1) is 29.9 Å². The number of rotatable bonds is 7. The molecule has 3 rings (SSSR count). The van der Waals surface area contributed by atoms with Crippen LogP contribution in [0.3, 0.4) is 0 Å². The summed E-state index contributed by atoms with van der Waals surface area (Å²) in [4.78, 5) is 14.9. The quantitative estimate of drug-likeness (QED) is 0.702. The first-order valence-corrected chi connectivity index (χ1v) is 11.6. The molecule has 0 unspecified atom stereocenters. The zero-order valence-electron chi connectivity index (χ0n) is 18.3. The number of carbonyl (C=O) groups is 1. The maximum atomic E-state index is 13.1. The van der Waals surface area contributed by atoms with Crippen LogP contribution in [0.1, 0.15) is 24.2 Å². The third-order valence-electron chi connectivity index (χ3n) is 4.79. The van der Waals surface area contributed by atoms with E-state index in [1.54, 1.807) is 24.3 Å². The lowest BCUT2D eigenvalue weighted by atomic mass is 10.1. The van der Waals surface area contributed by atoms with Crippen LogP contribution in [0.4, 0.5) is 11.4 Å². The Balaban J connectivity index is 1.94. The number of anilines is 2. The average Bonchev–Trinajstić information content (AvgIpc) is 2.75. The molecule has 1 fully saturated rings. The van der Waals surface area contributed by atoms with Crippen molar-refractivity contribution >= 4 is 27.3 Å². The second-order valence-corrected chi connectivity index (χ2v) is 9.68. The summed E-state index contributed by atoms with van der Waals surface area (Å²) in [5.41, 5.74) is 1.65. The van der Waals surface area contributed by atoms with Gasteiger partial charge in [-0.2, -0.15) is 4.31 Å². The highest BCUT2D eigenvalue weighted by atomic mass is 32.2. The molecule has 2 aromatic rings. The summed E-state index contributed by atoms with van der Waals surface area (Å²) >= 11 is 0. The van der Waals surface area contributed by atoms with Crippen LogP contribution >= 0.6 is 0 Å². The van der Waals surface area contributed by atoms with Crippen molar-refractivity contribution in [2.45, 2.75) is 24.8 Å². The van der Waals surface area contributed by atoms with Gasteiger partial charge in [0, 0.05) is 38.4 Å². The molecule has 0 atom stereocenters. The molecule has 0 bridgehead atoms. The van der Waals surface area contributed by atoms with Crippen molar-refractivity contribution in [2.24, 2.45) is 0 Å². The fraction of sp³-hybridized carbons (Fsp3) is 0.409. The smallest absolute Gasteiger partial charge is 0.255 e. The van der Waals surface area contributed by atoms with Crippen LogP contribution in [0.15, 0.2) is 47.4 Å². The van der Waals surface area contributed by atoms with Gasteiger partial charge in [-0.05, 0) is 50.2 Å². The lowest BCUT2D eigenvalue weighted by molar-refractivity contribution is 0.0730. The maximum Gasteiger partial charge on any atom is 0.255 e. The van der Waals surface area contributed by atoms with Gasteiger partial charge in [0.1, 0.15) is 5.75 Å². The molecule has 0 aromatic heterocycles. The minimum atomic E-state index is -3.71. The zero-order chi connectivity index (χ0) is 22.6. The van der Waals surface area contributed by atoms with Gasteiger partial charge >= 0.3 is 0 Å². The molecule has 0 aliphatic carbocycles. The molecule has 1 saturated heterocycles. The van der Waals surface area contributed by atoms with E-state index in [4.69, 9.17) is 9.47 Å². The van der Waals surface area contributed by atoms with E-state index in [2.05, 4.69) is 5.32 Å². The summed E-state index contributed by atoms with van der Waals surface area (Å²) in [5.74, 6) is 0.0614. The molecule has 0 radical (unpaired) electrons. The molecule has 1 aliphatic rings. The summed E-state index contributed by atoms with van der Waals surface area (Å²) in [6.45, 7) is 5.05. The number of hydrogen-bond acceptors (Lipinski definition) is 6. The van der Waals surface area contributed by atoms with Crippen LogP contribution in [0.2, 0.25) is 0 Å². The first-order chi connectivity index (χ1) is 14.7. The fourth-order valence-corrected chi connectivity index (χ4v) is 4.61. The Morgan fingerprint density at radius 2 is 1.84 bits per heavy atom. The molecular formula is C22H29N3O5S. The highest BCUT2D eigenvalue weighted by molar-refractivity contribution is 7.89. The SMILES string of the molecule is CC(C)Oc1ccc(S(=O)(=O)N2CCOCC2)cc1NC(=O)c1cccc(N(C)C)c1. The number of carbonyl (C=O) groups excluding carboxylic acids is 1. The van der Waals surface area contributed by atoms with E-state index >= 15 is 0 Å². The molecule has 1 N–H and O–H groups in total. The van der Waals surface area contributed by atoms with Crippen LogP contribution in [0.5, 0.6) is 5.75 Å². The number of ether oxygens (including phenoxy) is 2. The number of amides is 1. The summed E-state index contributed by atoms with van der Waals surface area (Å²) in [6.07, 6.45) is -0.144. The number of nitrogens with zero attached hydrogens (tertiary/aromatic N) is 2. The molecule has 1 amide bonds. The van der Waals surface area contributed by atoms with E-state index in [1.165, 1.54) is 16.4 Å². The third kappa shape index (κ3) is 5.55. The molecule has 168 valence electrons. The number of nitrogens with one attached hydrogen (secondary N) is 1. The Morgan fingerprint density at radius 1 is 1.13 bits per heavy atom. The van der Waals surface area contributed by atoms with Crippen LogP contribution < -0.4 is 15.0 Å². The second-order valence-electron chi connectivity index (χ2n) is 7.74. The van der Waals surface area contributed by atoms with Gasteiger partial charge in [-0.25, -0.2) is 8.42 Å². The molecular weight excluding hydrogens is 418 g/mol. The molecule has 1 heterocycles. The van der Waals surface area contributed by atoms with Crippen LogP contribution in [0, 0.1) is 0 Å². The van der Waals surface area contributed by atoms with Gasteiger partial charge in [-0.15, -0.1) is 0 Å². The fourth-order valence-electron chi connectivity index (χ4n) is 3.18. The van der Waals surface area contributed by atoms with E-state index in [0.29, 0.717) is 43.3 Å². The second kappa shape index (κ2) is 9.67. The summed E-state index contributed by atoms with van der Waals surface area (Å²) in [7, 11) is 0.0805. The summed E-state index contributed by atoms with van der Waals surface area (Å²) in [6, 6.07) is 11.7. The molecule has 2 aromatic carbocycles. The Hall–Kier alpha value is -2.62. The Morgan fingerprint density at radius 3 is 2.48 bits per heavy atom. The van der Waals surface area contributed by atoms with Crippen molar-refractivity contribution in [2.75, 3.05) is 50.6 Å². The van der Waals surface area contributed by atoms with E-state index in [9.17, 15) is 13.2 Å². The lowest BCUT2D eigenvalue weighted by Crippen LogP contribution is -2.40. The summed E-state index contributed by atoms with van der Waals surface area (Å²) < 4.78 is 38.6.